The lowest BCUT2D eigenvalue weighted by atomic mass is 10.1. The molecule has 4 rings (SSSR count). The molecule has 3 heterocycles. The van der Waals surface area contributed by atoms with Crippen molar-refractivity contribution in [2.75, 3.05) is 13.1 Å². The highest BCUT2D eigenvalue weighted by atomic mass is 19.1. The van der Waals surface area contributed by atoms with Gasteiger partial charge in [-0.25, -0.2) is 9.37 Å². The molecule has 0 atom stereocenters. The van der Waals surface area contributed by atoms with Gasteiger partial charge in [0, 0.05) is 29.6 Å². The quantitative estimate of drug-likeness (QED) is 0.696. The summed E-state index contributed by atoms with van der Waals surface area (Å²) in [4.78, 5) is 18.1. The van der Waals surface area contributed by atoms with Gasteiger partial charge in [0.05, 0.1) is 25.2 Å². The average Bonchev–Trinajstić information content (AvgIpc) is 2.66. The van der Waals surface area contributed by atoms with Crippen molar-refractivity contribution in [2.24, 2.45) is 0 Å². The molecule has 27 heavy (non-hydrogen) atoms. The topological polar surface area (TPSA) is 68.2 Å². The molecule has 136 valence electrons. The highest BCUT2D eigenvalue weighted by Crippen LogP contribution is 2.24. The van der Waals surface area contributed by atoms with Crippen molar-refractivity contribution in [2.45, 2.75) is 12.5 Å². The third-order valence-corrected chi connectivity index (χ3v) is 4.37. The van der Waals surface area contributed by atoms with Crippen LogP contribution in [0.15, 0.2) is 60.9 Å². The molecule has 1 aliphatic heterocycles. The Hall–Kier alpha value is -3.35. The summed E-state index contributed by atoms with van der Waals surface area (Å²) in [5, 5.41) is 7.69. The average molecular weight is 364 g/mol. The van der Waals surface area contributed by atoms with Crippen molar-refractivity contribution in [3.63, 3.8) is 0 Å². The van der Waals surface area contributed by atoms with Crippen LogP contribution in [0.3, 0.4) is 0 Å². The van der Waals surface area contributed by atoms with Crippen LogP contribution in [-0.4, -0.2) is 45.2 Å². The van der Waals surface area contributed by atoms with Crippen molar-refractivity contribution >= 4 is 5.91 Å². The summed E-state index contributed by atoms with van der Waals surface area (Å²) in [5.74, 6) is 0.170. The molecule has 0 aliphatic carbocycles. The molecule has 7 heteroatoms. The number of halogens is 1. The third kappa shape index (κ3) is 3.92. The molecule has 0 saturated carbocycles. The Morgan fingerprint density at radius 1 is 1.15 bits per heavy atom. The van der Waals surface area contributed by atoms with Gasteiger partial charge in [0.2, 0.25) is 11.8 Å². The second kappa shape index (κ2) is 7.49. The zero-order chi connectivity index (χ0) is 18.6. The summed E-state index contributed by atoms with van der Waals surface area (Å²) >= 11 is 0. The number of rotatable bonds is 5. The van der Waals surface area contributed by atoms with Crippen molar-refractivity contribution in [3.05, 3.63) is 72.4 Å². The van der Waals surface area contributed by atoms with Crippen LogP contribution >= 0.6 is 0 Å². The minimum atomic E-state index is -0.288. The lowest BCUT2D eigenvalue weighted by Crippen LogP contribution is -2.56. The number of amides is 1. The number of hydrogen-bond donors (Lipinski definition) is 0. The maximum absolute atomic E-state index is 13.8. The van der Waals surface area contributed by atoms with Gasteiger partial charge in [-0.3, -0.25) is 4.79 Å². The van der Waals surface area contributed by atoms with Gasteiger partial charge in [-0.2, -0.15) is 10.2 Å². The molecule has 1 fully saturated rings. The van der Waals surface area contributed by atoms with Gasteiger partial charge in [-0.1, -0.05) is 18.2 Å². The molecule has 0 spiro atoms. The van der Waals surface area contributed by atoms with E-state index in [-0.39, 0.29) is 24.2 Å². The monoisotopic (exact) mass is 364 g/mol. The van der Waals surface area contributed by atoms with Crippen LogP contribution in [0.5, 0.6) is 5.88 Å². The smallest absolute Gasteiger partial charge is 0.228 e. The maximum atomic E-state index is 13.8. The highest BCUT2D eigenvalue weighted by Gasteiger charge is 2.32. The molecule has 0 radical (unpaired) electrons. The standard InChI is InChI=1S/C20H17FN4O2/c21-18-6-2-1-5-17(18)14-7-8-19(22-11-14)27-16-12-25(13-16)20(26)10-15-4-3-9-23-24-15/h1-9,11,16H,10,12-13H2. The molecular formula is C20H17FN4O2. The minimum absolute atomic E-state index is 0.00166. The van der Waals surface area contributed by atoms with Gasteiger partial charge in [0.1, 0.15) is 11.9 Å². The first-order valence-electron chi connectivity index (χ1n) is 8.61. The molecular weight excluding hydrogens is 347 g/mol. The van der Waals surface area contributed by atoms with Gasteiger partial charge in [-0.15, -0.1) is 0 Å². The van der Waals surface area contributed by atoms with Crippen LogP contribution in [0.2, 0.25) is 0 Å². The fourth-order valence-corrected chi connectivity index (χ4v) is 2.89. The number of likely N-dealkylation sites (tertiary alicyclic amines) is 1. The molecule has 0 N–H and O–H groups in total. The lowest BCUT2D eigenvalue weighted by molar-refractivity contribution is -0.139. The fourth-order valence-electron chi connectivity index (χ4n) is 2.89. The van der Waals surface area contributed by atoms with Crippen LogP contribution < -0.4 is 4.74 Å². The molecule has 1 saturated heterocycles. The van der Waals surface area contributed by atoms with E-state index in [2.05, 4.69) is 15.2 Å². The number of benzene rings is 1. The summed E-state index contributed by atoms with van der Waals surface area (Å²) in [7, 11) is 0. The lowest BCUT2D eigenvalue weighted by Gasteiger charge is -2.38. The zero-order valence-electron chi connectivity index (χ0n) is 14.5. The van der Waals surface area contributed by atoms with Crippen molar-refractivity contribution in [1.82, 2.24) is 20.1 Å². The van der Waals surface area contributed by atoms with E-state index in [9.17, 15) is 9.18 Å². The van der Waals surface area contributed by atoms with E-state index in [1.165, 1.54) is 6.07 Å². The first-order chi connectivity index (χ1) is 13.2. The minimum Gasteiger partial charge on any atom is -0.471 e. The second-order valence-corrected chi connectivity index (χ2v) is 6.30. The Kier molecular flexibility index (Phi) is 4.74. The molecule has 0 unspecified atom stereocenters. The number of hydrogen-bond acceptors (Lipinski definition) is 5. The first kappa shape index (κ1) is 17.1. The van der Waals surface area contributed by atoms with Gasteiger partial charge in [0.15, 0.2) is 0 Å². The Morgan fingerprint density at radius 3 is 2.70 bits per heavy atom. The number of carbonyl (C=O) groups excluding carboxylic acids is 1. The predicted molar refractivity (Wildman–Crippen MR) is 96.4 cm³/mol. The van der Waals surface area contributed by atoms with Crippen LogP contribution in [0.4, 0.5) is 4.39 Å². The predicted octanol–water partition coefficient (Wildman–Crippen LogP) is 2.51. The Bertz CT molecular complexity index is 928. The molecule has 3 aromatic rings. The molecule has 1 aromatic carbocycles. The van der Waals surface area contributed by atoms with E-state index >= 15 is 0 Å². The highest BCUT2D eigenvalue weighted by molar-refractivity contribution is 5.79. The van der Waals surface area contributed by atoms with Gasteiger partial charge in [0.25, 0.3) is 0 Å². The summed E-state index contributed by atoms with van der Waals surface area (Å²) in [6, 6.07) is 13.6. The van der Waals surface area contributed by atoms with E-state index in [0.717, 1.165) is 0 Å². The number of pyridine rings is 1. The molecule has 1 amide bonds. The summed E-state index contributed by atoms with van der Waals surface area (Å²) in [6.07, 6.45) is 3.30. The van der Waals surface area contributed by atoms with E-state index in [1.54, 1.807) is 59.8 Å². The van der Waals surface area contributed by atoms with E-state index in [0.29, 0.717) is 35.8 Å². The Morgan fingerprint density at radius 2 is 2.00 bits per heavy atom. The van der Waals surface area contributed by atoms with Gasteiger partial charge < -0.3 is 9.64 Å². The number of nitrogens with zero attached hydrogens (tertiary/aromatic N) is 4. The van der Waals surface area contributed by atoms with Crippen molar-refractivity contribution in [1.29, 1.82) is 0 Å². The Labute approximate surface area is 155 Å². The normalized spacial score (nSPS) is 13.9. The second-order valence-electron chi connectivity index (χ2n) is 6.30. The fraction of sp³-hybridized carbons (Fsp3) is 0.200. The van der Waals surface area contributed by atoms with E-state index in [1.807, 2.05) is 0 Å². The van der Waals surface area contributed by atoms with Crippen LogP contribution in [0.25, 0.3) is 11.1 Å². The Balaban J connectivity index is 1.30. The zero-order valence-corrected chi connectivity index (χ0v) is 14.5. The van der Waals surface area contributed by atoms with Gasteiger partial charge >= 0.3 is 0 Å². The number of carbonyl (C=O) groups is 1. The van der Waals surface area contributed by atoms with Crippen LogP contribution in [0.1, 0.15) is 5.69 Å². The van der Waals surface area contributed by atoms with Crippen LogP contribution in [0, 0.1) is 5.82 Å². The van der Waals surface area contributed by atoms with E-state index in [4.69, 9.17) is 4.74 Å². The van der Waals surface area contributed by atoms with Gasteiger partial charge in [-0.05, 0) is 24.3 Å². The van der Waals surface area contributed by atoms with E-state index < -0.39 is 0 Å². The summed E-state index contributed by atoms with van der Waals surface area (Å²) in [5.41, 5.74) is 1.84. The number of aromatic nitrogens is 3. The summed E-state index contributed by atoms with van der Waals surface area (Å²) < 4.78 is 19.6. The maximum Gasteiger partial charge on any atom is 0.228 e. The summed E-state index contributed by atoms with van der Waals surface area (Å²) in [6.45, 7) is 1.02. The molecule has 1 aliphatic rings. The number of ether oxygens (including phenoxy) is 1. The van der Waals surface area contributed by atoms with Crippen molar-refractivity contribution in [3.8, 4) is 17.0 Å². The molecule has 0 bridgehead atoms. The third-order valence-electron chi connectivity index (χ3n) is 4.37. The van der Waals surface area contributed by atoms with Crippen LogP contribution in [-0.2, 0) is 11.2 Å². The first-order valence-corrected chi connectivity index (χ1v) is 8.61. The largest absolute Gasteiger partial charge is 0.471 e. The van der Waals surface area contributed by atoms with Crippen molar-refractivity contribution < 1.29 is 13.9 Å². The molecule has 6 nitrogen and oxygen atoms in total. The molecule has 2 aromatic heterocycles. The SMILES string of the molecule is O=C(Cc1cccnn1)N1CC(Oc2ccc(-c3ccccc3F)cn2)C1.